The smallest absolute Gasteiger partial charge is 0.318 e. The van der Waals surface area contributed by atoms with Crippen molar-refractivity contribution in [2.45, 2.75) is 39.2 Å². The highest BCUT2D eigenvalue weighted by molar-refractivity contribution is 5.79. The molecule has 26 heavy (non-hydrogen) atoms. The van der Waals surface area contributed by atoms with E-state index >= 15 is 0 Å². The minimum atomic E-state index is 0.0595. The van der Waals surface area contributed by atoms with Crippen LogP contribution in [0.2, 0.25) is 0 Å². The number of ether oxygens (including phenoxy) is 1. The molecule has 0 bridgehead atoms. The summed E-state index contributed by atoms with van der Waals surface area (Å²) in [4.78, 5) is 14.3. The predicted octanol–water partition coefficient (Wildman–Crippen LogP) is 2.88. The highest BCUT2D eigenvalue weighted by Gasteiger charge is 2.27. The molecule has 1 N–H and O–H groups in total. The van der Waals surface area contributed by atoms with Gasteiger partial charge in [-0.05, 0) is 50.5 Å². The van der Waals surface area contributed by atoms with Gasteiger partial charge in [-0.3, -0.25) is 4.79 Å². The van der Waals surface area contributed by atoms with Crippen molar-refractivity contribution in [3.8, 4) is 17.2 Å². The number of piperidine rings is 1. The number of nitrogens with zero attached hydrogens (tertiary/aromatic N) is 3. The maximum atomic E-state index is 12.3. The number of carbonyl (C=O) groups excluding carboxylic acids is 1. The van der Waals surface area contributed by atoms with Gasteiger partial charge in [0.25, 0.3) is 0 Å². The van der Waals surface area contributed by atoms with Crippen molar-refractivity contribution in [2.75, 3.05) is 25.1 Å². The predicted molar refractivity (Wildman–Crippen MR) is 99.1 cm³/mol. The Morgan fingerprint density at radius 3 is 2.62 bits per heavy atom. The van der Waals surface area contributed by atoms with Gasteiger partial charge in [0.1, 0.15) is 5.75 Å². The van der Waals surface area contributed by atoms with Gasteiger partial charge in [0.2, 0.25) is 11.8 Å². The minimum Gasteiger partial charge on any atom is -0.497 e. The summed E-state index contributed by atoms with van der Waals surface area (Å²) in [5.41, 5.74) is 0.854. The number of anilines is 1. The van der Waals surface area contributed by atoms with Crippen LogP contribution in [-0.2, 0) is 4.79 Å². The van der Waals surface area contributed by atoms with Gasteiger partial charge in [-0.25, -0.2) is 0 Å². The average Bonchev–Trinajstić information content (AvgIpc) is 3.18. The number of carbonyl (C=O) groups is 1. The summed E-state index contributed by atoms with van der Waals surface area (Å²) < 4.78 is 11.0. The van der Waals surface area contributed by atoms with E-state index in [1.807, 2.05) is 36.1 Å². The van der Waals surface area contributed by atoms with Crippen LogP contribution in [0, 0.1) is 5.92 Å². The Hall–Kier alpha value is -2.57. The summed E-state index contributed by atoms with van der Waals surface area (Å²) in [6, 6.07) is 8.24. The van der Waals surface area contributed by atoms with Gasteiger partial charge >= 0.3 is 6.01 Å². The molecule has 1 atom stereocenters. The van der Waals surface area contributed by atoms with Crippen molar-refractivity contribution >= 4 is 11.9 Å². The Morgan fingerprint density at radius 1 is 1.31 bits per heavy atom. The van der Waals surface area contributed by atoms with E-state index in [0.29, 0.717) is 11.9 Å². The average molecular weight is 358 g/mol. The van der Waals surface area contributed by atoms with E-state index in [-0.39, 0.29) is 17.9 Å². The second kappa shape index (κ2) is 8.21. The molecule has 1 fully saturated rings. The Morgan fingerprint density at radius 2 is 2.00 bits per heavy atom. The fourth-order valence-electron chi connectivity index (χ4n) is 2.99. The molecule has 0 spiro atoms. The minimum absolute atomic E-state index is 0.0595. The van der Waals surface area contributed by atoms with Crippen molar-refractivity contribution < 1.29 is 13.9 Å². The van der Waals surface area contributed by atoms with Crippen molar-refractivity contribution in [1.29, 1.82) is 0 Å². The molecule has 7 heteroatoms. The van der Waals surface area contributed by atoms with E-state index in [0.717, 1.165) is 43.7 Å². The first-order valence-electron chi connectivity index (χ1n) is 9.14. The molecule has 140 valence electrons. The van der Waals surface area contributed by atoms with E-state index < -0.39 is 0 Å². The fourth-order valence-corrected chi connectivity index (χ4v) is 2.99. The Balaban J connectivity index is 1.58. The number of nitrogens with one attached hydrogen (secondary N) is 1. The molecule has 1 aromatic carbocycles. The number of hydrogen-bond acceptors (Lipinski definition) is 6. The van der Waals surface area contributed by atoms with Crippen LogP contribution in [0.5, 0.6) is 5.75 Å². The van der Waals surface area contributed by atoms with Crippen LogP contribution < -0.4 is 15.0 Å². The van der Waals surface area contributed by atoms with Gasteiger partial charge in [-0.2, -0.15) is 0 Å². The van der Waals surface area contributed by atoms with Crippen LogP contribution in [0.3, 0.4) is 0 Å². The highest BCUT2D eigenvalue weighted by Crippen LogP contribution is 2.27. The van der Waals surface area contributed by atoms with Crippen LogP contribution in [-0.4, -0.2) is 42.3 Å². The van der Waals surface area contributed by atoms with Gasteiger partial charge < -0.3 is 19.4 Å². The van der Waals surface area contributed by atoms with E-state index in [4.69, 9.17) is 9.15 Å². The van der Waals surface area contributed by atoms with Crippen LogP contribution in [0.15, 0.2) is 28.7 Å². The summed E-state index contributed by atoms with van der Waals surface area (Å²) >= 11 is 0. The number of hydrogen-bond donors (Lipinski definition) is 1. The number of benzene rings is 1. The van der Waals surface area contributed by atoms with Crippen molar-refractivity contribution in [2.24, 2.45) is 5.92 Å². The fraction of sp³-hybridized carbons (Fsp3) is 0.526. The number of aromatic nitrogens is 2. The third kappa shape index (κ3) is 4.15. The quantitative estimate of drug-likeness (QED) is 0.855. The first-order chi connectivity index (χ1) is 12.6. The first-order valence-corrected chi connectivity index (χ1v) is 9.14. The van der Waals surface area contributed by atoms with Crippen molar-refractivity contribution in [3.63, 3.8) is 0 Å². The van der Waals surface area contributed by atoms with E-state index in [9.17, 15) is 4.79 Å². The normalized spacial score (nSPS) is 16.3. The standard InChI is InChI=1S/C19H26N4O3/c1-4-13(2)20-17(24)14-9-11-23(12-10-14)19-22-21-18(26-19)15-5-7-16(25-3)8-6-15/h5-8,13-14H,4,9-12H2,1-3H3,(H,20,24)/t13-/m0/s1. The van der Waals surface area contributed by atoms with Crippen molar-refractivity contribution in [1.82, 2.24) is 15.5 Å². The molecule has 1 amide bonds. The lowest BCUT2D eigenvalue weighted by Crippen LogP contribution is -2.43. The summed E-state index contributed by atoms with van der Waals surface area (Å²) in [6.07, 6.45) is 2.53. The second-order valence-electron chi connectivity index (χ2n) is 6.70. The zero-order valence-corrected chi connectivity index (χ0v) is 15.6. The van der Waals surface area contributed by atoms with Crippen LogP contribution in [0.4, 0.5) is 6.01 Å². The number of rotatable bonds is 6. The third-order valence-electron chi connectivity index (χ3n) is 4.89. The molecular weight excluding hydrogens is 332 g/mol. The van der Waals surface area contributed by atoms with Gasteiger partial charge in [0.05, 0.1) is 7.11 Å². The van der Waals surface area contributed by atoms with Gasteiger partial charge in [0.15, 0.2) is 0 Å². The highest BCUT2D eigenvalue weighted by atomic mass is 16.5. The van der Waals surface area contributed by atoms with E-state index in [1.54, 1.807) is 7.11 Å². The lowest BCUT2D eigenvalue weighted by molar-refractivity contribution is -0.126. The van der Waals surface area contributed by atoms with Gasteiger partial charge in [0, 0.05) is 30.6 Å². The molecular formula is C19H26N4O3. The molecule has 1 aliphatic rings. The van der Waals surface area contributed by atoms with Crippen LogP contribution in [0.1, 0.15) is 33.1 Å². The first kappa shape index (κ1) is 18.2. The SMILES string of the molecule is CC[C@H](C)NC(=O)C1CCN(c2nnc(-c3ccc(OC)cc3)o2)CC1. The van der Waals surface area contributed by atoms with E-state index in [1.165, 1.54) is 0 Å². The van der Waals surface area contributed by atoms with Gasteiger partial charge in [-0.15, -0.1) is 5.10 Å². The molecule has 2 heterocycles. The van der Waals surface area contributed by atoms with Crippen LogP contribution >= 0.6 is 0 Å². The summed E-state index contributed by atoms with van der Waals surface area (Å²) in [6.45, 7) is 5.58. The monoisotopic (exact) mass is 358 g/mol. The maximum Gasteiger partial charge on any atom is 0.318 e. The van der Waals surface area contributed by atoms with E-state index in [2.05, 4.69) is 22.4 Å². The zero-order valence-electron chi connectivity index (χ0n) is 15.6. The lowest BCUT2D eigenvalue weighted by atomic mass is 9.96. The molecule has 0 aliphatic carbocycles. The largest absolute Gasteiger partial charge is 0.497 e. The Kier molecular flexibility index (Phi) is 5.75. The summed E-state index contributed by atoms with van der Waals surface area (Å²) in [7, 11) is 1.63. The molecule has 1 saturated heterocycles. The van der Waals surface area contributed by atoms with Crippen LogP contribution in [0.25, 0.3) is 11.5 Å². The molecule has 0 saturated carbocycles. The molecule has 1 aromatic heterocycles. The molecule has 0 unspecified atom stereocenters. The topological polar surface area (TPSA) is 80.5 Å². The second-order valence-corrected chi connectivity index (χ2v) is 6.70. The third-order valence-corrected chi connectivity index (χ3v) is 4.89. The lowest BCUT2D eigenvalue weighted by Gasteiger charge is -2.30. The summed E-state index contributed by atoms with van der Waals surface area (Å²) in [5, 5.41) is 11.4. The number of amides is 1. The van der Waals surface area contributed by atoms with Gasteiger partial charge in [-0.1, -0.05) is 12.0 Å². The number of methoxy groups -OCH3 is 1. The Bertz CT molecular complexity index is 721. The molecule has 2 aromatic rings. The summed E-state index contributed by atoms with van der Waals surface area (Å²) in [5.74, 6) is 1.48. The maximum absolute atomic E-state index is 12.3. The molecule has 7 nitrogen and oxygen atoms in total. The molecule has 3 rings (SSSR count). The molecule has 1 aliphatic heterocycles. The van der Waals surface area contributed by atoms with Crippen molar-refractivity contribution in [3.05, 3.63) is 24.3 Å². The zero-order chi connectivity index (χ0) is 18.5. The Labute approximate surface area is 153 Å². The molecule has 0 radical (unpaired) electrons.